The summed E-state index contributed by atoms with van der Waals surface area (Å²) in [6, 6.07) is 7.96. The smallest absolute Gasteiger partial charge is 0.276 e. The maximum atomic E-state index is 12.4. The molecule has 1 aromatic carbocycles. The molecule has 0 saturated carbocycles. The van der Waals surface area contributed by atoms with Crippen molar-refractivity contribution < 1.29 is 9.21 Å². The highest BCUT2D eigenvalue weighted by atomic mass is 16.3. The topological polar surface area (TPSA) is 78.3 Å². The Hall–Kier alpha value is -2.83. The minimum absolute atomic E-state index is 0.0690. The van der Waals surface area contributed by atoms with Crippen LogP contribution in [-0.2, 0) is 0 Å². The van der Waals surface area contributed by atoms with Gasteiger partial charge in [0.15, 0.2) is 12.1 Å². The van der Waals surface area contributed by atoms with Crippen molar-refractivity contribution in [2.75, 3.05) is 31.1 Å². The van der Waals surface area contributed by atoms with Crippen LogP contribution in [0.15, 0.2) is 35.1 Å². The molecule has 3 aromatic rings. The van der Waals surface area contributed by atoms with Crippen LogP contribution < -0.4 is 4.90 Å². The molecule has 118 valence electrons. The van der Waals surface area contributed by atoms with Crippen molar-refractivity contribution in [3.8, 4) is 0 Å². The van der Waals surface area contributed by atoms with Crippen molar-refractivity contribution in [3.63, 3.8) is 0 Å². The summed E-state index contributed by atoms with van der Waals surface area (Å²) in [6.45, 7) is 4.51. The van der Waals surface area contributed by atoms with Crippen LogP contribution in [0.3, 0.4) is 0 Å². The maximum absolute atomic E-state index is 12.4. The molecule has 0 radical (unpaired) electrons. The Morgan fingerprint density at radius 2 is 2.00 bits per heavy atom. The van der Waals surface area contributed by atoms with Gasteiger partial charge in [-0.15, -0.1) is 0 Å². The van der Waals surface area contributed by atoms with Gasteiger partial charge in [-0.3, -0.25) is 4.79 Å². The van der Waals surface area contributed by atoms with Gasteiger partial charge in [0.05, 0.1) is 11.0 Å². The summed E-state index contributed by atoms with van der Waals surface area (Å²) in [6.07, 6.45) is 1.31. The first-order chi connectivity index (χ1) is 11.2. The van der Waals surface area contributed by atoms with Gasteiger partial charge in [0.1, 0.15) is 5.76 Å². The number of carbonyl (C=O) groups excluding carboxylic acids is 1. The van der Waals surface area contributed by atoms with Gasteiger partial charge in [-0.1, -0.05) is 12.1 Å². The number of aromatic amines is 1. The van der Waals surface area contributed by atoms with Crippen molar-refractivity contribution >= 4 is 22.9 Å². The van der Waals surface area contributed by atoms with E-state index >= 15 is 0 Å². The number of para-hydroxylation sites is 2. The summed E-state index contributed by atoms with van der Waals surface area (Å²) < 4.78 is 5.12. The number of hydrogen-bond acceptors (Lipinski definition) is 5. The van der Waals surface area contributed by atoms with E-state index < -0.39 is 0 Å². The standard InChI is InChI=1S/C16H17N5O2/c1-11-14(17-10-23-11)15(22)20-6-8-21(9-7-20)16-18-12-4-2-3-5-13(12)19-16/h2-5,10H,6-9H2,1H3,(H,18,19). The molecule has 1 N–H and O–H groups in total. The summed E-state index contributed by atoms with van der Waals surface area (Å²) in [4.78, 5) is 28.3. The van der Waals surface area contributed by atoms with Crippen molar-refractivity contribution in [2.45, 2.75) is 6.92 Å². The molecule has 4 rings (SSSR count). The number of rotatable bonds is 2. The van der Waals surface area contributed by atoms with Gasteiger partial charge in [-0.2, -0.15) is 0 Å². The zero-order chi connectivity index (χ0) is 15.8. The van der Waals surface area contributed by atoms with E-state index in [9.17, 15) is 4.79 Å². The molecule has 2 aromatic heterocycles. The molecule has 23 heavy (non-hydrogen) atoms. The summed E-state index contributed by atoms with van der Waals surface area (Å²) >= 11 is 0. The van der Waals surface area contributed by atoms with Gasteiger partial charge < -0.3 is 19.2 Å². The van der Waals surface area contributed by atoms with Crippen molar-refractivity contribution in [1.82, 2.24) is 19.9 Å². The fourth-order valence-electron chi connectivity index (χ4n) is 2.87. The number of benzene rings is 1. The third-order valence-electron chi connectivity index (χ3n) is 4.19. The second-order valence-electron chi connectivity index (χ2n) is 5.61. The highest BCUT2D eigenvalue weighted by molar-refractivity contribution is 5.93. The van der Waals surface area contributed by atoms with Crippen molar-refractivity contribution in [3.05, 3.63) is 42.1 Å². The lowest BCUT2D eigenvalue weighted by molar-refractivity contribution is 0.0739. The Kier molecular flexibility index (Phi) is 3.25. The number of H-pyrrole nitrogens is 1. The molecule has 0 spiro atoms. The Morgan fingerprint density at radius 1 is 1.22 bits per heavy atom. The van der Waals surface area contributed by atoms with E-state index in [2.05, 4.69) is 19.9 Å². The summed E-state index contributed by atoms with van der Waals surface area (Å²) in [7, 11) is 0. The van der Waals surface area contributed by atoms with Gasteiger partial charge in [0.25, 0.3) is 5.91 Å². The van der Waals surface area contributed by atoms with Crippen LogP contribution in [0.4, 0.5) is 5.95 Å². The molecule has 1 fully saturated rings. The number of oxazole rings is 1. The third-order valence-corrected chi connectivity index (χ3v) is 4.19. The maximum Gasteiger partial charge on any atom is 0.276 e. The number of aryl methyl sites for hydroxylation is 1. The van der Waals surface area contributed by atoms with E-state index in [1.165, 1.54) is 6.39 Å². The fraction of sp³-hybridized carbons (Fsp3) is 0.312. The fourth-order valence-corrected chi connectivity index (χ4v) is 2.87. The van der Waals surface area contributed by atoms with Crippen molar-refractivity contribution in [1.29, 1.82) is 0 Å². The second kappa shape index (κ2) is 5.42. The number of fused-ring (bicyclic) bond motifs is 1. The largest absolute Gasteiger partial charge is 0.448 e. The number of anilines is 1. The van der Waals surface area contributed by atoms with E-state index in [0.717, 1.165) is 30.1 Å². The minimum atomic E-state index is -0.0690. The molecule has 1 amide bonds. The molecule has 1 saturated heterocycles. The van der Waals surface area contributed by atoms with Gasteiger partial charge >= 0.3 is 0 Å². The summed E-state index contributed by atoms with van der Waals surface area (Å²) in [5.74, 6) is 1.35. The van der Waals surface area contributed by atoms with Crippen LogP contribution in [0, 0.1) is 6.92 Å². The van der Waals surface area contributed by atoms with Crippen LogP contribution in [0.25, 0.3) is 11.0 Å². The molecule has 7 nitrogen and oxygen atoms in total. The number of aromatic nitrogens is 3. The molecule has 0 atom stereocenters. The van der Waals surface area contributed by atoms with Crippen LogP contribution in [0.2, 0.25) is 0 Å². The Balaban J connectivity index is 1.46. The molecule has 3 heterocycles. The Bertz CT molecular complexity index is 812. The number of hydrogen-bond donors (Lipinski definition) is 1. The SMILES string of the molecule is Cc1ocnc1C(=O)N1CCN(c2nc3ccccc3[nH]2)CC1. The van der Waals surface area contributed by atoms with E-state index in [-0.39, 0.29) is 5.91 Å². The first kappa shape index (κ1) is 13.8. The quantitative estimate of drug-likeness (QED) is 0.781. The van der Waals surface area contributed by atoms with E-state index in [1.807, 2.05) is 29.2 Å². The minimum Gasteiger partial charge on any atom is -0.448 e. The predicted octanol–water partition coefficient (Wildman–Crippen LogP) is 1.82. The first-order valence-electron chi connectivity index (χ1n) is 7.61. The lowest BCUT2D eigenvalue weighted by atomic mass is 10.2. The normalized spacial score (nSPS) is 15.3. The monoisotopic (exact) mass is 311 g/mol. The lowest BCUT2D eigenvalue weighted by Crippen LogP contribution is -2.49. The molecule has 0 unspecified atom stereocenters. The molecular formula is C16H17N5O2. The van der Waals surface area contributed by atoms with Gasteiger partial charge in [-0.05, 0) is 19.1 Å². The zero-order valence-corrected chi connectivity index (χ0v) is 12.8. The number of amides is 1. The highest BCUT2D eigenvalue weighted by Gasteiger charge is 2.26. The van der Waals surface area contributed by atoms with E-state index in [1.54, 1.807) is 6.92 Å². The third kappa shape index (κ3) is 2.44. The first-order valence-corrected chi connectivity index (χ1v) is 7.61. The number of carbonyl (C=O) groups is 1. The summed E-state index contributed by atoms with van der Waals surface area (Å²) in [5, 5.41) is 0. The van der Waals surface area contributed by atoms with Gasteiger partial charge in [0.2, 0.25) is 5.95 Å². The number of piperazine rings is 1. The van der Waals surface area contributed by atoms with E-state index in [4.69, 9.17) is 4.42 Å². The van der Waals surface area contributed by atoms with Gasteiger partial charge in [0, 0.05) is 26.2 Å². The second-order valence-corrected chi connectivity index (χ2v) is 5.61. The van der Waals surface area contributed by atoms with E-state index in [0.29, 0.717) is 24.5 Å². The highest BCUT2D eigenvalue weighted by Crippen LogP contribution is 2.19. The Labute approximate surface area is 132 Å². The predicted molar refractivity (Wildman–Crippen MR) is 85.5 cm³/mol. The number of imidazole rings is 1. The molecular weight excluding hydrogens is 294 g/mol. The average Bonchev–Trinajstić information content (AvgIpc) is 3.20. The lowest BCUT2D eigenvalue weighted by Gasteiger charge is -2.34. The zero-order valence-electron chi connectivity index (χ0n) is 12.8. The average molecular weight is 311 g/mol. The van der Waals surface area contributed by atoms with Crippen LogP contribution in [0.5, 0.6) is 0 Å². The van der Waals surface area contributed by atoms with Crippen LogP contribution >= 0.6 is 0 Å². The summed E-state index contributed by atoms with van der Waals surface area (Å²) in [5.41, 5.74) is 2.39. The van der Waals surface area contributed by atoms with Crippen LogP contribution in [-0.4, -0.2) is 51.9 Å². The van der Waals surface area contributed by atoms with Gasteiger partial charge in [-0.25, -0.2) is 9.97 Å². The molecule has 0 bridgehead atoms. The van der Waals surface area contributed by atoms with Crippen molar-refractivity contribution in [2.24, 2.45) is 0 Å². The van der Waals surface area contributed by atoms with Crippen LogP contribution in [0.1, 0.15) is 16.2 Å². The molecule has 1 aliphatic heterocycles. The number of nitrogens with one attached hydrogen (secondary N) is 1. The molecule has 1 aliphatic rings. The number of nitrogens with zero attached hydrogens (tertiary/aromatic N) is 4. The molecule has 7 heteroatoms. The Morgan fingerprint density at radius 3 is 2.70 bits per heavy atom. The molecule has 0 aliphatic carbocycles.